The van der Waals surface area contributed by atoms with E-state index in [1.54, 1.807) is 0 Å². The van der Waals surface area contributed by atoms with Gasteiger partial charge in [0, 0.05) is 31.9 Å². The fourth-order valence-corrected chi connectivity index (χ4v) is 4.19. The summed E-state index contributed by atoms with van der Waals surface area (Å²) in [5.74, 6) is 0. The zero-order chi connectivity index (χ0) is 18.6. The average molecular weight is 364 g/mol. The van der Waals surface area contributed by atoms with Gasteiger partial charge in [-0.1, -0.05) is 36.4 Å². The van der Waals surface area contributed by atoms with Crippen molar-refractivity contribution >= 4 is 11.7 Å². The lowest BCUT2D eigenvalue weighted by Crippen LogP contribution is -2.52. The molecule has 1 fully saturated rings. The van der Waals surface area contributed by atoms with Gasteiger partial charge in [-0.3, -0.25) is 0 Å². The third-order valence-electron chi connectivity index (χ3n) is 5.90. The van der Waals surface area contributed by atoms with Gasteiger partial charge in [0.15, 0.2) is 0 Å². The molecule has 0 bridgehead atoms. The van der Waals surface area contributed by atoms with Gasteiger partial charge < -0.3 is 15.1 Å². The molecule has 2 aromatic carbocycles. The van der Waals surface area contributed by atoms with E-state index in [1.165, 1.54) is 48.1 Å². The van der Waals surface area contributed by atoms with Gasteiger partial charge in [-0.25, -0.2) is 4.79 Å². The molecular formula is C23H29N3O. The van der Waals surface area contributed by atoms with Crippen LogP contribution in [-0.2, 0) is 12.8 Å². The number of piperazine rings is 1. The van der Waals surface area contributed by atoms with Gasteiger partial charge in [0.2, 0.25) is 0 Å². The Hall–Kier alpha value is -2.49. The van der Waals surface area contributed by atoms with Crippen molar-refractivity contribution in [3.8, 4) is 0 Å². The number of para-hydroxylation sites is 1. The Labute approximate surface area is 162 Å². The molecule has 0 aromatic heterocycles. The fraction of sp³-hybridized carbons (Fsp3) is 0.435. The van der Waals surface area contributed by atoms with E-state index in [4.69, 9.17) is 0 Å². The largest absolute Gasteiger partial charge is 0.368 e. The summed E-state index contributed by atoms with van der Waals surface area (Å²) in [4.78, 5) is 17.0. The average Bonchev–Trinajstić information content (AvgIpc) is 2.74. The Morgan fingerprint density at radius 1 is 0.926 bits per heavy atom. The first kappa shape index (κ1) is 17.9. The van der Waals surface area contributed by atoms with Crippen LogP contribution in [0, 0.1) is 0 Å². The summed E-state index contributed by atoms with van der Waals surface area (Å²) in [6.07, 6.45) is 4.95. The van der Waals surface area contributed by atoms with E-state index in [9.17, 15) is 4.79 Å². The number of carbonyl (C=O) groups excluding carboxylic acids is 1. The Morgan fingerprint density at radius 3 is 2.37 bits per heavy atom. The molecule has 4 heteroatoms. The first-order valence-corrected chi connectivity index (χ1v) is 10.2. The minimum Gasteiger partial charge on any atom is -0.368 e. The van der Waals surface area contributed by atoms with Crippen LogP contribution in [0.25, 0.3) is 0 Å². The predicted octanol–water partition coefficient (Wildman–Crippen LogP) is 4.16. The Bertz CT molecular complexity index is 781. The molecule has 0 saturated carbocycles. The van der Waals surface area contributed by atoms with Crippen LogP contribution in [0.2, 0.25) is 0 Å². The number of anilines is 1. The van der Waals surface area contributed by atoms with Crippen LogP contribution < -0.4 is 10.2 Å². The van der Waals surface area contributed by atoms with Crippen molar-refractivity contribution in [2.45, 2.75) is 38.6 Å². The molecule has 1 N–H and O–H groups in total. The first-order valence-electron chi connectivity index (χ1n) is 10.2. The third-order valence-corrected chi connectivity index (χ3v) is 5.90. The molecule has 4 nitrogen and oxygen atoms in total. The molecule has 2 aromatic rings. The molecular weight excluding hydrogens is 334 g/mol. The van der Waals surface area contributed by atoms with Crippen molar-refractivity contribution in [1.82, 2.24) is 10.2 Å². The SMILES string of the molecule is C[C@H](NC(=O)N1CCN(c2ccccc2)CC1)c1ccc2c(c1)CCCC2. The summed E-state index contributed by atoms with van der Waals surface area (Å²) in [6, 6.07) is 17.3. The van der Waals surface area contributed by atoms with Crippen LogP contribution in [0.15, 0.2) is 48.5 Å². The minimum atomic E-state index is 0.0388. The second kappa shape index (κ2) is 8.03. The molecule has 0 spiro atoms. The third kappa shape index (κ3) is 4.10. The Balaban J connectivity index is 1.33. The first-order chi connectivity index (χ1) is 13.2. The zero-order valence-corrected chi connectivity index (χ0v) is 16.2. The summed E-state index contributed by atoms with van der Waals surface area (Å²) >= 11 is 0. The van der Waals surface area contributed by atoms with E-state index in [1.807, 2.05) is 11.0 Å². The molecule has 142 valence electrons. The molecule has 1 aliphatic heterocycles. The van der Waals surface area contributed by atoms with Gasteiger partial charge in [-0.2, -0.15) is 0 Å². The van der Waals surface area contributed by atoms with E-state index >= 15 is 0 Å². The Morgan fingerprint density at radius 2 is 1.63 bits per heavy atom. The number of amides is 2. The molecule has 0 unspecified atom stereocenters. The summed E-state index contributed by atoms with van der Waals surface area (Å²) in [5.41, 5.74) is 5.41. The quantitative estimate of drug-likeness (QED) is 0.889. The second-order valence-electron chi connectivity index (χ2n) is 7.72. The zero-order valence-electron chi connectivity index (χ0n) is 16.2. The number of nitrogens with zero attached hydrogens (tertiary/aromatic N) is 2. The van der Waals surface area contributed by atoms with E-state index < -0.39 is 0 Å². The number of nitrogens with one attached hydrogen (secondary N) is 1. The minimum absolute atomic E-state index is 0.0388. The van der Waals surface area contributed by atoms with Crippen molar-refractivity contribution < 1.29 is 4.79 Å². The standard InChI is InChI=1S/C23H29N3O/c1-18(20-12-11-19-7-5-6-8-21(19)17-20)24-23(27)26-15-13-25(14-16-26)22-9-3-2-4-10-22/h2-4,9-12,17-18H,5-8,13-16H2,1H3,(H,24,27)/t18-/m0/s1. The van der Waals surface area contributed by atoms with Crippen LogP contribution in [0.1, 0.15) is 42.5 Å². The van der Waals surface area contributed by atoms with Crippen molar-refractivity contribution in [3.63, 3.8) is 0 Å². The normalized spacial score (nSPS) is 18.0. The van der Waals surface area contributed by atoms with E-state index in [-0.39, 0.29) is 12.1 Å². The molecule has 1 atom stereocenters. The van der Waals surface area contributed by atoms with Gasteiger partial charge in [0.05, 0.1) is 6.04 Å². The van der Waals surface area contributed by atoms with Crippen LogP contribution in [-0.4, -0.2) is 37.1 Å². The van der Waals surface area contributed by atoms with Gasteiger partial charge in [0.25, 0.3) is 0 Å². The highest BCUT2D eigenvalue weighted by molar-refractivity contribution is 5.75. The topological polar surface area (TPSA) is 35.6 Å². The molecule has 1 heterocycles. The van der Waals surface area contributed by atoms with Crippen molar-refractivity contribution in [1.29, 1.82) is 0 Å². The number of hydrogen-bond acceptors (Lipinski definition) is 2. The highest BCUT2D eigenvalue weighted by atomic mass is 16.2. The lowest BCUT2D eigenvalue weighted by molar-refractivity contribution is 0.191. The predicted molar refractivity (Wildman–Crippen MR) is 110 cm³/mol. The molecule has 0 radical (unpaired) electrons. The molecule has 27 heavy (non-hydrogen) atoms. The van der Waals surface area contributed by atoms with Crippen LogP contribution in [0.4, 0.5) is 10.5 Å². The van der Waals surface area contributed by atoms with Crippen molar-refractivity contribution in [2.75, 3.05) is 31.1 Å². The van der Waals surface area contributed by atoms with E-state index in [0.29, 0.717) is 0 Å². The number of aryl methyl sites for hydroxylation is 2. The van der Waals surface area contributed by atoms with Gasteiger partial charge in [-0.05, 0) is 61.4 Å². The van der Waals surface area contributed by atoms with Crippen LogP contribution >= 0.6 is 0 Å². The number of benzene rings is 2. The van der Waals surface area contributed by atoms with E-state index in [2.05, 4.69) is 59.6 Å². The Kier molecular flexibility index (Phi) is 5.33. The fourth-order valence-electron chi connectivity index (χ4n) is 4.19. The van der Waals surface area contributed by atoms with Gasteiger partial charge in [0.1, 0.15) is 0 Å². The van der Waals surface area contributed by atoms with Crippen molar-refractivity contribution in [2.24, 2.45) is 0 Å². The highest BCUT2D eigenvalue weighted by Crippen LogP contribution is 2.25. The molecule has 2 amide bonds. The maximum Gasteiger partial charge on any atom is 0.317 e. The van der Waals surface area contributed by atoms with E-state index in [0.717, 1.165) is 26.2 Å². The summed E-state index contributed by atoms with van der Waals surface area (Å²) < 4.78 is 0. The van der Waals surface area contributed by atoms with Gasteiger partial charge in [-0.15, -0.1) is 0 Å². The number of urea groups is 1. The van der Waals surface area contributed by atoms with Gasteiger partial charge >= 0.3 is 6.03 Å². The number of carbonyl (C=O) groups is 1. The molecule has 1 saturated heterocycles. The lowest BCUT2D eigenvalue weighted by atomic mass is 9.89. The highest BCUT2D eigenvalue weighted by Gasteiger charge is 2.23. The maximum atomic E-state index is 12.7. The van der Waals surface area contributed by atoms with Crippen molar-refractivity contribution in [3.05, 3.63) is 65.2 Å². The summed E-state index contributed by atoms with van der Waals surface area (Å²) in [5, 5.41) is 3.20. The number of hydrogen-bond donors (Lipinski definition) is 1. The summed E-state index contributed by atoms with van der Waals surface area (Å²) in [7, 11) is 0. The maximum absolute atomic E-state index is 12.7. The lowest BCUT2D eigenvalue weighted by Gasteiger charge is -2.36. The van der Waals surface area contributed by atoms with Crippen LogP contribution in [0.3, 0.4) is 0 Å². The molecule has 1 aliphatic carbocycles. The monoisotopic (exact) mass is 363 g/mol. The summed E-state index contributed by atoms with van der Waals surface area (Å²) in [6.45, 7) is 5.37. The second-order valence-corrected chi connectivity index (χ2v) is 7.72. The molecule has 2 aliphatic rings. The molecule has 4 rings (SSSR count). The van der Waals surface area contributed by atoms with Crippen LogP contribution in [0.5, 0.6) is 0 Å². The number of rotatable bonds is 3. The number of fused-ring (bicyclic) bond motifs is 1. The smallest absolute Gasteiger partial charge is 0.317 e.